The number of carboxylic acids is 1. The average Bonchev–Trinajstić information content (AvgIpc) is 2.84. The first kappa shape index (κ1) is 15.1. The van der Waals surface area contributed by atoms with Crippen LogP contribution in [0.4, 0.5) is 0 Å². The van der Waals surface area contributed by atoms with Crippen LogP contribution in [-0.2, 0) is 11.3 Å². The van der Waals surface area contributed by atoms with Crippen molar-refractivity contribution in [3.63, 3.8) is 0 Å². The molecule has 0 spiro atoms. The number of hydrogen-bond donors (Lipinski definition) is 2. The second-order valence-corrected chi connectivity index (χ2v) is 5.68. The van der Waals surface area contributed by atoms with E-state index in [0.717, 1.165) is 18.5 Å². The lowest BCUT2D eigenvalue weighted by atomic mass is 10.1. The normalized spacial score (nSPS) is 19.2. The molecule has 1 fully saturated rings. The second kappa shape index (κ2) is 6.45. The van der Waals surface area contributed by atoms with Crippen LogP contribution in [0.2, 0.25) is 0 Å². The van der Waals surface area contributed by atoms with Gasteiger partial charge in [-0.05, 0) is 59.9 Å². The lowest BCUT2D eigenvalue weighted by Gasteiger charge is -2.21. The minimum absolute atomic E-state index is 0.0757. The first-order valence-corrected chi connectivity index (χ1v) is 7.43. The maximum atomic E-state index is 11.2. The summed E-state index contributed by atoms with van der Waals surface area (Å²) in [4.78, 5) is 13.1. The Labute approximate surface area is 126 Å². The summed E-state index contributed by atoms with van der Waals surface area (Å²) in [6, 6.07) is 3.15. The summed E-state index contributed by atoms with van der Waals surface area (Å²) in [5, 5.41) is 19.1. The Morgan fingerprint density at radius 1 is 1.55 bits per heavy atom. The van der Waals surface area contributed by atoms with Crippen molar-refractivity contribution >= 4 is 21.9 Å². The number of carbonyl (C=O) groups is 1. The minimum Gasteiger partial charge on any atom is -0.503 e. The molecule has 1 aliphatic heterocycles. The third-order valence-electron chi connectivity index (χ3n) is 3.42. The first-order valence-electron chi connectivity index (χ1n) is 6.64. The van der Waals surface area contributed by atoms with Crippen LogP contribution in [-0.4, -0.2) is 40.3 Å². The molecule has 0 saturated carbocycles. The Balaban J connectivity index is 2.19. The lowest BCUT2D eigenvalue weighted by Crippen LogP contribution is -2.35. The van der Waals surface area contributed by atoms with Gasteiger partial charge in [0.1, 0.15) is 6.04 Å². The Bertz CT molecular complexity index is 506. The number of rotatable bonds is 5. The van der Waals surface area contributed by atoms with E-state index in [-0.39, 0.29) is 5.75 Å². The molecule has 110 valence electrons. The van der Waals surface area contributed by atoms with E-state index < -0.39 is 12.0 Å². The fourth-order valence-corrected chi connectivity index (χ4v) is 3.00. The van der Waals surface area contributed by atoms with Crippen LogP contribution in [0.1, 0.15) is 25.3 Å². The predicted molar refractivity (Wildman–Crippen MR) is 78.0 cm³/mol. The number of hydrogen-bond acceptors (Lipinski definition) is 4. The van der Waals surface area contributed by atoms with Gasteiger partial charge in [-0.2, -0.15) is 0 Å². The summed E-state index contributed by atoms with van der Waals surface area (Å²) in [7, 11) is 0. The van der Waals surface area contributed by atoms with E-state index >= 15 is 0 Å². The van der Waals surface area contributed by atoms with Crippen molar-refractivity contribution in [1.29, 1.82) is 0 Å². The molecule has 2 N–H and O–H groups in total. The van der Waals surface area contributed by atoms with Crippen molar-refractivity contribution < 1.29 is 19.7 Å². The highest BCUT2D eigenvalue weighted by molar-refractivity contribution is 9.10. The Kier molecular flexibility index (Phi) is 4.88. The van der Waals surface area contributed by atoms with Gasteiger partial charge in [-0.3, -0.25) is 9.69 Å². The first-order chi connectivity index (χ1) is 9.52. The molecule has 1 saturated heterocycles. The lowest BCUT2D eigenvalue weighted by molar-refractivity contribution is -0.142. The molecule has 6 heteroatoms. The molecule has 20 heavy (non-hydrogen) atoms. The Morgan fingerprint density at radius 2 is 2.30 bits per heavy atom. The van der Waals surface area contributed by atoms with Gasteiger partial charge in [0.15, 0.2) is 11.5 Å². The number of nitrogens with zero attached hydrogens (tertiary/aromatic N) is 1. The molecule has 2 rings (SSSR count). The monoisotopic (exact) mass is 343 g/mol. The van der Waals surface area contributed by atoms with Crippen LogP contribution in [0.15, 0.2) is 16.6 Å². The van der Waals surface area contributed by atoms with E-state index in [0.29, 0.717) is 29.8 Å². The highest BCUT2D eigenvalue weighted by Crippen LogP contribution is 2.36. The zero-order valence-corrected chi connectivity index (χ0v) is 12.9. The number of ether oxygens (including phenoxy) is 1. The summed E-state index contributed by atoms with van der Waals surface area (Å²) in [6.07, 6.45) is 1.58. The molecule has 5 nitrogen and oxygen atoms in total. The molecule has 0 aliphatic carbocycles. The fraction of sp³-hybridized carbons (Fsp3) is 0.500. The van der Waals surface area contributed by atoms with E-state index in [1.807, 2.05) is 11.8 Å². The van der Waals surface area contributed by atoms with Crippen molar-refractivity contribution in [2.24, 2.45) is 0 Å². The van der Waals surface area contributed by atoms with Crippen LogP contribution in [0.25, 0.3) is 0 Å². The van der Waals surface area contributed by atoms with Crippen molar-refractivity contribution in [1.82, 2.24) is 4.90 Å². The van der Waals surface area contributed by atoms with Gasteiger partial charge < -0.3 is 14.9 Å². The number of aromatic hydroxyl groups is 1. The molecule has 1 atom stereocenters. The molecule has 1 unspecified atom stereocenters. The summed E-state index contributed by atoms with van der Waals surface area (Å²) < 4.78 is 5.94. The fourth-order valence-electron chi connectivity index (χ4n) is 2.51. The zero-order valence-electron chi connectivity index (χ0n) is 11.3. The van der Waals surface area contributed by atoms with E-state index in [1.54, 1.807) is 12.1 Å². The molecule has 1 aromatic carbocycles. The van der Waals surface area contributed by atoms with Crippen LogP contribution in [0, 0.1) is 0 Å². The second-order valence-electron chi connectivity index (χ2n) is 4.82. The summed E-state index contributed by atoms with van der Waals surface area (Å²) in [5.41, 5.74) is 0.922. The Morgan fingerprint density at radius 3 is 2.95 bits per heavy atom. The number of likely N-dealkylation sites (tertiary alicyclic amines) is 1. The SMILES string of the molecule is CCOc1cc(CN2CCCC2C(=O)O)cc(Br)c1O. The molecule has 0 aromatic heterocycles. The summed E-state index contributed by atoms with van der Waals surface area (Å²) in [6.45, 7) is 3.63. The number of carboxylic acid groups (broad SMARTS) is 1. The predicted octanol–water partition coefficient (Wildman–Crippen LogP) is 2.60. The number of halogens is 1. The van der Waals surface area contributed by atoms with Crippen molar-refractivity contribution in [3.8, 4) is 11.5 Å². The molecular weight excluding hydrogens is 326 g/mol. The van der Waals surface area contributed by atoms with Crippen molar-refractivity contribution in [2.75, 3.05) is 13.2 Å². The van der Waals surface area contributed by atoms with Gasteiger partial charge >= 0.3 is 5.97 Å². The number of phenols is 1. The van der Waals surface area contributed by atoms with Gasteiger partial charge in [-0.1, -0.05) is 0 Å². The highest BCUT2D eigenvalue weighted by atomic mass is 79.9. The Hall–Kier alpha value is -1.27. The minimum atomic E-state index is -0.773. The smallest absolute Gasteiger partial charge is 0.320 e. The quantitative estimate of drug-likeness (QED) is 0.859. The van der Waals surface area contributed by atoms with Crippen LogP contribution < -0.4 is 4.74 Å². The zero-order chi connectivity index (χ0) is 14.7. The molecule has 1 aliphatic rings. The largest absolute Gasteiger partial charge is 0.503 e. The molecule has 0 bridgehead atoms. The van der Waals surface area contributed by atoms with E-state index in [4.69, 9.17) is 4.74 Å². The average molecular weight is 344 g/mol. The third-order valence-corrected chi connectivity index (χ3v) is 4.03. The van der Waals surface area contributed by atoms with E-state index in [1.165, 1.54) is 0 Å². The maximum Gasteiger partial charge on any atom is 0.320 e. The summed E-state index contributed by atoms with van der Waals surface area (Å²) in [5.74, 6) is -0.278. The van der Waals surface area contributed by atoms with Crippen LogP contribution in [0.5, 0.6) is 11.5 Å². The number of benzene rings is 1. The molecule has 1 aromatic rings. The number of phenolic OH excluding ortho intramolecular Hbond substituents is 1. The van der Waals surface area contributed by atoms with Crippen molar-refractivity contribution in [2.45, 2.75) is 32.4 Å². The van der Waals surface area contributed by atoms with Gasteiger partial charge in [-0.15, -0.1) is 0 Å². The summed E-state index contributed by atoms with van der Waals surface area (Å²) >= 11 is 3.30. The van der Waals surface area contributed by atoms with E-state index in [9.17, 15) is 15.0 Å². The highest BCUT2D eigenvalue weighted by Gasteiger charge is 2.30. The molecular formula is C14H18BrNO4. The van der Waals surface area contributed by atoms with Gasteiger partial charge in [0.05, 0.1) is 11.1 Å². The van der Waals surface area contributed by atoms with Gasteiger partial charge in [0.2, 0.25) is 0 Å². The molecule has 0 amide bonds. The van der Waals surface area contributed by atoms with Crippen LogP contribution in [0.3, 0.4) is 0 Å². The molecule has 1 heterocycles. The van der Waals surface area contributed by atoms with Crippen molar-refractivity contribution in [3.05, 3.63) is 22.2 Å². The van der Waals surface area contributed by atoms with Crippen LogP contribution >= 0.6 is 15.9 Å². The molecule has 0 radical (unpaired) electrons. The number of aliphatic carboxylic acids is 1. The van der Waals surface area contributed by atoms with Gasteiger partial charge in [-0.25, -0.2) is 0 Å². The third kappa shape index (κ3) is 3.24. The standard InChI is InChI=1S/C14H18BrNO4/c1-2-20-12-7-9(6-10(15)13(12)17)8-16-5-3-4-11(16)14(18)19/h6-7,11,17H,2-5,8H2,1H3,(H,18,19). The van der Waals surface area contributed by atoms with E-state index in [2.05, 4.69) is 15.9 Å². The van der Waals surface area contributed by atoms with Gasteiger partial charge in [0.25, 0.3) is 0 Å². The maximum absolute atomic E-state index is 11.2. The van der Waals surface area contributed by atoms with Gasteiger partial charge in [0, 0.05) is 6.54 Å². The topological polar surface area (TPSA) is 70.0 Å².